The number of para-hydroxylation sites is 1. The van der Waals surface area contributed by atoms with Crippen LogP contribution in [0.4, 0.5) is 0 Å². The Labute approximate surface area is 150 Å². The Kier molecular flexibility index (Phi) is 6.78. The highest BCUT2D eigenvalue weighted by molar-refractivity contribution is 5.87. The molecule has 2 aromatic rings. The molecule has 0 fully saturated rings. The Morgan fingerprint density at radius 1 is 1.15 bits per heavy atom. The molecule has 0 aliphatic heterocycles. The van der Waals surface area contributed by atoms with Crippen LogP contribution in [0.5, 0.6) is 5.75 Å². The van der Waals surface area contributed by atoms with Crippen molar-refractivity contribution in [1.29, 1.82) is 0 Å². The van der Waals surface area contributed by atoms with E-state index in [1.165, 1.54) is 7.11 Å². The molecule has 0 aliphatic carbocycles. The van der Waals surface area contributed by atoms with Gasteiger partial charge in [-0.15, -0.1) is 0 Å². The van der Waals surface area contributed by atoms with Crippen LogP contribution in [0.25, 0.3) is 0 Å². The topological polar surface area (TPSA) is 104 Å². The molecular weight excluding hydrogens is 342 g/mol. The maximum Gasteiger partial charge on any atom is 0.374 e. The number of carbonyl (C=O) groups excluding carboxylic acids is 3. The average Bonchev–Trinajstić information content (AvgIpc) is 3.04. The molecule has 1 amide bonds. The summed E-state index contributed by atoms with van der Waals surface area (Å²) in [4.78, 5) is 34.7. The summed E-state index contributed by atoms with van der Waals surface area (Å²) in [6.07, 6.45) is 0. The van der Waals surface area contributed by atoms with Crippen molar-refractivity contribution >= 4 is 17.8 Å². The minimum Gasteiger partial charge on any atom is -0.484 e. The molecule has 0 radical (unpaired) electrons. The van der Waals surface area contributed by atoms with E-state index in [-0.39, 0.29) is 25.5 Å². The number of methoxy groups -OCH3 is 1. The minimum atomic E-state index is -0.647. The largest absolute Gasteiger partial charge is 0.484 e. The maximum absolute atomic E-state index is 11.7. The van der Waals surface area contributed by atoms with E-state index in [9.17, 15) is 14.4 Å². The molecule has 1 aromatic carbocycles. The molecule has 0 saturated carbocycles. The van der Waals surface area contributed by atoms with E-state index in [0.29, 0.717) is 17.1 Å². The number of furan rings is 1. The quantitative estimate of drug-likeness (QED) is 0.712. The van der Waals surface area contributed by atoms with Gasteiger partial charge in [-0.25, -0.2) is 4.79 Å². The zero-order chi connectivity index (χ0) is 18.9. The standard InChI is InChI=1S/C18H19NO7/c1-12-8-14(26-17(12)18(22)23-2)10-25-16(21)9-19-15(20)11-24-13-6-4-3-5-7-13/h3-8H,9-11H2,1-2H3,(H,19,20). The molecular formula is C18H19NO7. The van der Waals surface area contributed by atoms with Crippen molar-refractivity contribution in [3.63, 3.8) is 0 Å². The molecule has 1 heterocycles. The van der Waals surface area contributed by atoms with Crippen molar-refractivity contribution in [1.82, 2.24) is 5.32 Å². The number of hydrogen-bond acceptors (Lipinski definition) is 7. The second-order valence-electron chi connectivity index (χ2n) is 5.26. The van der Waals surface area contributed by atoms with E-state index >= 15 is 0 Å². The molecule has 1 N–H and O–H groups in total. The third-order valence-corrected chi connectivity index (χ3v) is 3.26. The van der Waals surface area contributed by atoms with E-state index in [1.807, 2.05) is 6.07 Å². The fraction of sp³-hybridized carbons (Fsp3) is 0.278. The van der Waals surface area contributed by atoms with Gasteiger partial charge in [-0.2, -0.15) is 0 Å². The third kappa shape index (κ3) is 5.66. The van der Waals surface area contributed by atoms with Gasteiger partial charge in [0.25, 0.3) is 5.91 Å². The van der Waals surface area contributed by atoms with Gasteiger partial charge in [0, 0.05) is 5.56 Å². The fourth-order valence-corrected chi connectivity index (χ4v) is 2.00. The number of rotatable bonds is 8. The third-order valence-electron chi connectivity index (χ3n) is 3.26. The predicted molar refractivity (Wildman–Crippen MR) is 89.5 cm³/mol. The number of aryl methyl sites for hydroxylation is 1. The van der Waals surface area contributed by atoms with Crippen LogP contribution in [0, 0.1) is 6.92 Å². The van der Waals surface area contributed by atoms with E-state index in [4.69, 9.17) is 13.9 Å². The number of ether oxygens (including phenoxy) is 3. The molecule has 26 heavy (non-hydrogen) atoms. The summed E-state index contributed by atoms with van der Waals surface area (Å²) >= 11 is 0. The average molecular weight is 361 g/mol. The summed E-state index contributed by atoms with van der Waals surface area (Å²) in [5, 5.41) is 2.39. The number of amides is 1. The maximum atomic E-state index is 11.7. The summed E-state index contributed by atoms with van der Waals surface area (Å²) in [7, 11) is 1.24. The van der Waals surface area contributed by atoms with Gasteiger partial charge in [0.05, 0.1) is 7.11 Å². The van der Waals surface area contributed by atoms with Crippen molar-refractivity contribution in [2.45, 2.75) is 13.5 Å². The summed E-state index contributed by atoms with van der Waals surface area (Å²) in [6, 6.07) is 10.4. The number of benzene rings is 1. The van der Waals surface area contributed by atoms with Crippen LogP contribution in [0.3, 0.4) is 0 Å². The lowest BCUT2D eigenvalue weighted by Crippen LogP contribution is -2.34. The summed E-state index contributed by atoms with van der Waals surface area (Å²) in [5.41, 5.74) is 0.578. The smallest absolute Gasteiger partial charge is 0.374 e. The second-order valence-corrected chi connectivity index (χ2v) is 5.26. The Morgan fingerprint density at radius 3 is 2.58 bits per heavy atom. The van der Waals surface area contributed by atoms with Crippen LogP contribution in [-0.2, 0) is 25.7 Å². The number of hydrogen-bond donors (Lipinski definition) is 1. The van der Waals surface area contributed by atoms with Gasteiger partial charge >= 0.3 is 11.9 Å². The zero-order valence-electron chi connectivity index (χ0n) is 14.4. The first-order valence-corrected chi connectivity index (χ1v) is 7.77. The number of esters is 2. The highest BCUT2D eigenvalue weighted by Crippen LogP contribution is 2.16. The second kappa shape index (κ2) is 9.26. The van der Waals surface area contributed by atoms with Crippen LogP contribution in [-0.4, -0.2) is 38.1 Å². The van der Waals surface area contributed by atoms with E-state index in [0.717, 1.165) is 0 Å². The highest BCUT2D eigenvalue weighted by atomic mass is 16.6. The van der Waals surface area contributed by atoms with Gasteiger partial charge in [-0.3, -0.25) is 9.59 Å². The summed E-state index contributed by atoms with van der Waals surface area (Å²) in [5.74, 6) is -0.787. The predicted octanol–water partition coefficient (Wildman–Crippen LogP) is 1.61. The van der Waals surface area contributed by atoms with Crippen molar-refractivity contribution in [3.05, 3.63) is 53.5 Å². The summed E-state index contributed by atoms with van der Waals surface area (Å²) < 4.78 is 20.1. The van der Waals surface area contributed by atoms with Crippen LogP contribution in [0.2, 0.25) is 0 Å². The van der Waals surface area contributed by atoms with Crippen LogP contribution < -0.4 is 10.1 Å². The molecule has 8 nitrogen and oxygen atoms in total. The van der Waals surface area contributed by atoms with Gasteiger partial charge < -0.3 is 23.9 Å². The highest BCUT2D eigenvalue weighted by Gasteiger charge is 2.17. The molecule has 2 rings (SSSR count). The van der Waals surface area contributed by atoms with E-state index < -0.39 is 17.8 Å². The molecule has 0 unspecified atom stereocenters. The SMILES string of the molecule is COC(=O)c1oc(COC(=O)CNC(=O)COc2ccccc2)cc1C. The lowest BCUT2D eigenvalue weighted by atomic mass is 10.3. The number of nitrogens with one attached hydrogen (secondary N) is 1. The van der Waals surface area contributed by atoms with Gasteiger partial charge in [-0.05, 0) is 25.1 Å². The molecule has 1 aromatic heterocycles. The Morgan fingerprint density at radius 2 is 1.88 bits per heavy atom. The van der Waals surface area contributed by atoms with E-state index in [2.05, 4.69) is 10.1 Å². The van der Waals surface area contributed by atoms with Crippen molar-refractivity contribution in [3.8, 4) is 5.75 Å². The lowest BCUT2D eigenvalue weighted by molar-refractivity contribution is -0.145. The monoisotopic (exact) mass is 361 g/mol. The Bertz CT molecular complexity index is 767. The molecule has 0 bridgehead atoms. The normalized spacial score (nSPS) is 10.1. The van der Waals surface area contributed by atoms with Crippen molar-refractivity contribution < 1.29 is 33.0 Å². The minimum absolute atomic E-state index is 0.0601. The molecule has 138 valence electrons. The molecule has 0 atom stereocenters. The van der Waals surface area contributed by atoms with Crippen molar-refractivity contribution in [2.75, 3.05) is 20.3 Å². The van der Waals surface area contributed by atoms with Crippen LogP contribution >= 0.6 is 0 Å². The first-order chi connectivity index (χ1) is 12.5. The molecule has 8 heteroatoms. The Hall–Kier alpha value is -3.29. The Balaban J connectivity index is 1.70. The van der Waals surface area contributed by atoms with Gasteiger partial charge in [0.1, 0.15) is 24.7 Å². The lowest BCUT2D eigenvalue weighted by Gasteiger charge is -2.07. The van der Waals surface area contributed by atoms with Crippen LogP contribution in [0.1, 0.15) is 21.9 Å². The van der Waals surface area contributed by atoms with E-state index in [1.54, 1.807) is 37.3 Å². The molecule has 0 spiro atoms. The van der Waals surface area contributed by atoms with Gasteiger partial charge in [0.2, 0.25) is 5.76 Å². The first kappa shape index (κ1) is 19.0. The van der Waals surface area contributed by atoms with Crippen LogP contribution in [0.15, 0.2) is 40.8 Å². The fourth-order valence-electron chi connectivity index (χ4n) is 2.00. The molecule has 0 aliphatic rings. The van der Waals surface area contributed by atoms with Gasteiger partial charge in [0.15, 0.2) is 6.61 Å². The van der Waals surface area contributed by atoms with Gasteiger partial charge in [-0.1, -0.05) is 18.2 Å². The van der Waals surface area contributed by atoms with Crippen molar-refractivity contribution in [2.24, 2.45) is 0 Å². The number of carbonyl (C=O) groups is 3. The zero-order valence-corrected chi connectivity index (χ0v) is 14.4. The molecule has 0 saturated heterocycles. The summed E-state index contributed by atoms with van der Waals surface area (Å²) in [6.45, 7) is 0.999. The first-order valence-electron chi connectivity index (χ1n) is 7.77.